The van der Waals surface area contributed by atoms with E-state index >= 15 is 0 Å². The first-order valence-electron chi connectivity index (χ1n) is 5.66. The highest BCUT2D eigenvalue weighted by molar-refractivity contribution is 5.94. The molecular weight excluding hydrogens is 255 g/mol. The second kappa shape index (κ2) is 6.79. The molecule has 1 N–H and O–H groups in total. The van der Waals surface area contributed by atoms with Gasteiger partial charge in [0.2, 0.25) is 5.82 Å². The topological polar surface area (TPSA) is 81.5 Å². The standard InChI is InChI=1S/C12H15FN2O4/c1-8(7-19-2)6-14-12(16)9-3-4-11(15(17)18)10(13)5-9/h3-5,8H,6-7H2,1-2H3,(H,14,16). The van der Waals surface area contributed by atoms with Gasteiger partial charge in [0.1, 0.15) is 0 Å². The van der Waals surface area contributed by atoms with Crippen molar-refractivity contribution >= 4 is 11.6 Å². The molecule has 1 aromatic carbocycles. The van der Waals surface area contributed by atoms with Gasteiger partial charge < -0.3 is 10.1 Å². The van der Waals surface area contributed by atoms with Crippen LogP contribution in [0.5, 0.6) is 0 Å². The molecule has 1 unspecified atom stereocenters. The van der Waals surface area contributed by atoms with Crippen LogP contribution in [0, 0.1) is 21.8 Å². The molecular formula is C12H15FN2O4. The summed E-state index contributed by atoms with van der Waals surface area (Å²) >= 11 is 0. The smallest absolute Gasteiger partial charge is 0.304 e. The van der Waals surface area contributed by atoms with E-state index in [0.717, 1.165) is 12.1 Å². The van der Waals surface area contributed by atoms with Crippen LogP contribution in [-0.2, 0) is 4.74 Å². The Kier molecular flexibility index (Phi) is 5.37. The van der Waals surface area contributed by atoms with Crippen LogP contribution in [0.2, 0.25) is 0 Å². The largest absolute Gasteiger partial charge is 0.384 e. The maximum Gasteiger partial charge on any atom is 0.304 e. The molecule has 1 aromatic rings. The molecule has 0 aliphatic heterocycles. The van der Waals surface area contributed by atoms with Crippen LogP contribution < -0.4 is 5.32 Å². The number of nitro groups is 1. The molecule has 104 valence electrons. The number of carbonyl (C=O) groups is 1. The van der Waals surface area contributed by atoms with E-state index in [0.29, 0.717) is 13.2 Å². The van der Waals surface area contributed by atoms with Gasteiger partial charge in [-0.15, -0.1) is 0 Å². The Morgan fingerprint density at radius 2 is 2.26 bits per heavy atom. The van der Waals surface area contributed by atoms with Crippen molar-refractivity contribution in [2.45, 2.75) is 6.92 Å². The molecule has 0 radical (unpaired) electrons. The van der Waals surface area contributed by atoms with Crippen molar-refractivity contribution < 1.29 is 18.8 Å². The Balaban J connectivity index is 2.68. The molecule has 7 heteroatoms. The van der Waals surface area contributed by atoms with Crippen LogP contribution in [0.1, 0.15) is 17.3 Å². The number of hydrogen-bond acceptors (Lipinski definition) is 4. The number of rotatable bonds is 6. The Bertz CT molecular complexity index is 479. The minimum Gasteiger partial charge on any atom is -0.384 e. The van der Waals surface area contributed by atoms with Gasteiger partial charge in [-0.25, -0.2) is 0 Å². The van der Waals surface area contributed by atoms with E-state index in [-0.39, 0.29) is 11.5 Å². The van der Waals surface area contributed by atoms with E-state index in [1.807, 2.05) is 6.92 Å². The Hall–Kier alpha value is -2.02. The van der Waals surface area contributed by atoms with E-state index in [9.17, 15) is 19.3 Å². The molecule has 0 aliphatic rings. The normalized spacial score (nSPS) is 11.9. The van der Waals surface area contributed by atoms with Crippen LogP contribution in [0.15, 0.2) is 18.2 Å². The highest BCUT2D eigenvalue weighted by Gasteiger charge is 2.16. The van der Waals surface area contributed by atoms with Gasteiger partial charge in [-0.3, -0.25) is 14.9 Å². The predicted octanol–water partition coefficient (Wildman–Crippen LogP) is 1.75. The number of nitrogens with one attached hydrogen (secondary N) is 1. The Morgan fingerprint density at radius 1 is 1.58 bits per heavy atom. The zero-order valence-corrected chi connectivity index (χ0v) is 10.7. The van der Waals surface area contributed by atoms with E-state index in [2.05, 4.69) is 5.32 Å². The highest BCUT2D eigenvalue weighted by Crippen LogP contribution is 2.17. The van der Waals surface area contributed by atoms with Crippen molar-refractivity contribution in [3.05, 3.63) is 39.7 Å². The second-order valence-corrected chi connectivity index (χ2v) is 4.19. The number of nitro benzene ring substituents is 1. The summed E-state index contributed by atoms with van der Waals surface area (Å²) in [7, 11) is 1.56. The van der Waals surface area contributed by atoms with Gasteiger partial charge in [0, 0.05) is 25.3 Å². The fraction of sp³-hybridized carbons (Fsp3) is 0.417. The van der Waals surface area contributed by atoms with Gasteiger partial charge in [0.15, 0.2) is 0 Å². The van der Waals surface area contributed by atoms with Gasteiger partial charge in [0.25, 0.3) is 5.91 Å². The lowest BCUT2D eigenvalue weighted by Crippen LogP contribution is -2.29. The summed E-state index contributed by atoms with van der Waals surface area (Å²) in [6, 6.07) is 3.05. The third-order valence-electron chi connectivity index (χ3n) is 2.47. The number of halogens is 1. The lowest BCUT2D eigenvalue weighted by atomic mass is 10.1. The van der Waals surface area contributed by atoms with Gasteiger partial charge in [0.05, 0.1) is 11.5 Å². The first-order chi connectivity index (χ1) is 8.95. The van der Waals surface area contributed by atoms with Gasteiger partial charge in [-0.1, -0.05) is 6.92 Å². The molecule has 1 rings (SSSR count). The summed E-state index contributed by atoms with van der Waals surface area (Å²) < 4.78 is 18.3. The van der Waals surface area contributed by atoms with Crippen LogP contribution >= 0.6 is 0 Å². The Labute approximate surface area is 109 Å². The maximum absolute atomic E-state index is 13.3. The minimum absolute atomic E-state index is 0.0488. The van der Waals surface area contributed by atoms with Crippen molar-refractivity contribution in [3.63, 3.8) is 0 Å². The third kappa shape index (κ3) is 4.29. The van der Waals surface area contributed by atoms with Crippen molar-refractivity contribution in [2.75, 3.05) is 20.3 Å². The molecule has 0 saturated carbocycles. The number of carbonyl (C=O) groups excluding carboxylic acids is 1. The predicted molar refractivity (Wildman–Crippen MR) is 66.4 cm³/mol. The SMILES string of the molecule is COCC(C)CNC(=O)c1ccc([N+](=O)[O-])c(F)c1. The van der Waals surface area contributed by atoms with Crippen molar-refractivity contribution in [2.24, 2.45) is 5.92 Å². The molecule has 0 aliphatic carbocycles. The fourth-order valence-corrected chi connectivity index (χ4v) is 1.51. The first-order valence-corrected chi connectivity index (χ1v) is 5.66. The van der Waals surface area contributed by atoms with Gasteiger partial charge in [-0.05, 0) is 18.1 Å². The summed E-state index contributed by atoms with van der Waals surface area (Å²) in [5.74, 6) is -1.38. The number of hydrogen-bond donors (Lipinski definition) is 1. The number of amides is 1. The first kappa shape index (κ1) is 15.0. The zero-order valence-electron chi connectivity index (χ0n) is 10.7. The average Bonchev–Trinajstić information content (AvgIpc) is 2.35. The van der Waals surface area contributed by atoms with Crippen LogP contribution in [-0.4, -0.2) is 31.1 Å². The lowest BCUT2D eigenvalue weighted by Gasteiger charge is -2.11. The van der Waals surface area contributed by atoms with Crippen LogP contribution in [0.3, 0.4) is 0 Å². The fourth-order valence-electron chi connectivity index (χ4n) is 1.51. The summed E-state index contributed by atoms with van der Waals surface area (Å²) in [5.41, 5.74) is -0.600. The molecule has 0 fully saturated rings. The lowest BCUT2D eigenvalue weighted by molar-refractivity contribution is -0.387. The molecule has 0 heterocycles. The van der Waals surface area contributed by atoms with Crippen LogP contribution in [0.4, 0.5) is 10.1 Å². The summed E-state index contributed by atoms with van der Waals surface area (Å²) in [4.78, 5) is 21.3. The van der Waals surface area contributed by atoms with Crippen molar-refractivity contribution in [1.82, 2.24) is 5.32 Å². The van der Waals surface area contributed by atoms with E-state index in [1.54, 1.807) is 7.11 Å². The molecule has 1 amide bonds. The molecule has 0 bridgehead atoms. The van der Waals surface area contributed by atoms with Crippen molar-refractivity contribution in [3.8, 4) is 0 Å². The monoisotopic (exact) mass is 270 g/mol. The van der Waals surface area contributed by atoms with E-state index in [1.165, 1.54) is 6.07 Å². The minimum atomic E-state index is -1.03. The number of benzene rings is 1. The molecule has 0 saturated heterocycles. The molecule has 1 atom stereocenters. The second-order valence-electron chi connectivity index (χ2n) is 4.19. The number of methoxy groups -OCH3 is 1. The highest BCUT2D eigenvalue weighted by atomic mass is 19.1. The van der Waals surface area contributed by atoms with Gasteiger partial charge in [-0.2, -0.15) is 4.39 Å². The summed E-state index contributed by atoms with van der Waals surface area (Å²) in [5, 5.41) is 13.0. The number of nitrogens with zero attached hydrogens (tertiary/aromatic N) is 1. The molecule has 6 nitrogen and oxygen atoms in total. The zero-order chi connectivity index (χ0) is 14.4. The summed E-state index contributed by atoms with van der Waals surface area (Å²) in [6.45, 7) is 2.76. The molecule has 0 spiro atoms. The Morgan fingerprint density at radius 3 is 2.79 bits per heavy atom. The van der Waals surface area contributed by atoms with E-state index in [4.69, 9.17) is 4.74 Å². The van der Waals surface area contributed by atoms with Crippen molar-refractivity contribution in [1.29, 1.82) is 0 Å². The maximum atomic E-state index is 13.3. The van der Waals surface area contributed by atoms with E-state index < -0.39 is 22.3 Å². The van der Waals surface area contributed by atoms with Crippen LogP contribution in [0.25, 0.3) is 0 Å². The number of ether oxygens (including phenoxy) is 1. The quantitative estimate of drug-likeness (QED) is 0.630. The average molecular weight is 270 g/mol. The van der Waals surface area contributed by atoms with Gasteiger partial charge >= 0.3 is 5.69 Å². The molecule has 19 heavy (non-hydrogen) atoms. The third-order valence-corrected chi connectivity index (χ3v) is 2.47. The summed E-state index contributed by atoms with van der Waals surface area (Å²) in [6.07, 6.45) is 0. The molecule has 0 aromatic heterocycles.